The molecular formula is C12H12N6O2S. The lowest BCUT2D eigenvalue weighted by Crippen LogP contribution is -2.24. The molecule has 0 saturated heterocycles. The Kier molecular flexibility index (Phi) is 4.24. The Morgan fingerprint density at radius 2 is 2.19 bits per heavy atom. The molecule has 0 saturated carbocycles. The lowest BCUT2D eigenvalue weighted by Gasteiger charge is -1.99. The second kappa shape index (κ2) is 6.09. The molecule has 3 N–H and O–H groups in total. The second-order valence-electron chi connectivity index (χ2n) is 4.12. The van der Waals surface area contributed by atoms with Gasteiger partial charge in [0.2, 0.25) is 0 Å². The summed E-state index contributed by atoms with van der Waals surface area (Å²) in [7, 11) is 0. The summed E-state index contributed by atoms with van der Waals surface area (Å²) in [5, 5.41) is 18.9. The third kappa shape index (κ3) is 3.60. The minimum Gasteiger partial charge on any atom is -0.375 e. The first-order chi connectivity index (χ1) is 9.97. The highest BCUT2D eigenvalue weighted by Crippen LogP contribution is 2.16. The van der Waals surface area contributed by atoms with Crippen LogP contribution in [0.2, 0.25) is 0 Å². The SMILES string of the molecule is Cc1nn(-c2ccc([N+](=O)[O-])cc2)cc1C=NNC(N)=S. The van der Waals surface area contributed by atoms with Crippen LogP contribution in [-0.2, 0) is 0 Å². The number of rotatable bonds is 4. The number of aromatic nitrogens is 2. The van der Waals surface area contributed by atoms with Gasteiger partial charge in [0.1, 0.15) is 0 Å². The predicted octanol–water partition coefficient (Wildman–Crippen LogP) is 1.26. The van der Waals surface area contributed by atoms with Crippen LogP contribution in [0.4, 0.5) is 5.69 Å². The monoisotopic (exact) mass is 304 g/mol. The van der Waals surface area contributed by atoms with E-state index in [1.807, 2.05) is 6.92 Å². The van der Waals surface area contributed by atoms with Crippen LogP contribution in [0.15, 0.2) is 35.6 Å². The molecule has 0 amide bonds. The molecular weight excluding hydrogens is 292 g/mol. The summed E-state index contributed by atoms with van der Waals surface area (Å²) in [5.41, 5.74) is 9.99. The molecule has 0 aliphatic rings. The fraction of sp³-hybridized carbons (Fsp3) is 0.0833. The highest BCUT2D eigenvalue weighted by Gasteiger charge is 2.07. The van der Waals surface area contributed by atoms with Crippen molar-refractivity contribution in [3.8, 4) is 5.69 Å². The number of nitrogens with zero attached hydrogens (tertiary/aromatic N) is 4. The van der Waals surface area contributed by atoms with Crippen molar-refractivity contribution in [2.45, 2.75) is 6.92 Å². The van der Waals surface area contributed by atoms with Gasteiger partial charge in [-0.05, 0) is 31.3 Å². The van der Waals surface area contributed by atoms with Gasteiger partial charge in [0.15, 0.2) is 5.11 Å². The van der Waals surface area contributed by atoms with Crippen LogP contribution in [0.25, 0.3) is 5.69 Å². The normalized spacial score (nSPS) is 10.7. The van der Waals surface area contributed by atoms with Crippen LogP contribution in [-0.4, -0.2) is 26.0 Å². The van der Waals surface area contributed by atoms with Crippen LogP contribution in [0, 0.1) is 17.0 Å². The van der Waals surface area contributed by atoms with Crippen molar-refractivity contribution in [1.82, 2.24) is 15.2 Å². The number of nitrogens with one attached hydrogen (secondary N) is 1. The lowest BCUT2D eigenvalue weighted by molar-refractivity contribution is -0.384. The summed E-state index contributed by atoms with van der Waals surface area (Å²) in [5.74, 6) is 0. The maximum atomic E-state index is 10.6. The minimum atomic E-state index is -0.447. The van der Waals surface area contributed by atoms with Crippen molar-refractivity contribution in [1.29, 1.82) is 0 Å². The van der Waals surface area contributed by atoms with Crippen molar-refractivity contribution in [3.05, 3.63) is 51.8 Å². The Morgan fingerprint density at radius 1 is 1.52 bits per heavy atom. The highest BCUT2D eigenvalue weighted by atomic mass is 32.1. The Labute approximate surface area is 125 Å². The van der Waals surface area contributed by atoms with E-state index < -0.39 is 4.92 Å². The number of thiocarbonyl (C=S) groups is 1. The van der Waals surface area contributed by atoms with Crippen molar-refractivity contribution in [2.24, 2.45) is 10.8 Å². The zero-order valence-corrected chi connectivity index (χ0v) is 11.9. The average Bonchev–Trinajstić information content (AvgIpc) is 2.80. The summed E-state index contributed by atoms with van der Waals surface area (Å²) in [6.45, 7) is 1.82. The molecule has 0 atom stereocenters. The van der Waals surface area contributed by atoms with Crippen molar-refractivity contribution < 1.29 is 4.92 Å². The number of hydrazone groups is 1. The van der Waals surface area contributed by atoms with E-state index in [-0.39, 0.29) is 10.8 Å². The molecule has 1 aromatic carbocycles. The molecule has 0 fully saturated rings. The summed E-state index contributed by atoms with van der Waals surface area (Å²) < 4.78 is 1.61. The molecule has 0 spiro atoms. The number of non-ortho nitro benzene ring substituents is 1. The van der Waals surface area contributed by atoms with E-state index in [2.05, 4.69) is 27.8 Å². The average molecular weight is 304 g/mol. The lowest BCUT2D eigenvalue weighted by atomic mass is 10.3. The van der Waals surface area contributed by atoms with E-state index in [4.69, 9.17) is 5.73 Å². The predicted molar refractivity (Wildman–Crippen MR) is 82.5 cm³/mol. The van der Waals surface area contributed by atoms with Crippen LogP contribution in [0.3, 0.4) is 0 Å². The van der Waals surface area contributed by atoms with Crippen LogP contribution >= 0.6 is 12.2 Å². The smallest absolute Gasteiger partial charge is 0.269 e. The molecule has 0 bridgehead atoms. The summed E-state index contributed by atoms with van der Waals surface area (Å²) in [4.78, 5) is 10.2. The van der Waals surface area contributed by atoms with Gasteiger partial charge in [-0.15, -0.1) is 0 Å². The number of nitro groups is 1. The first-order valence-corrected chi connectivity index (χ1v) is 6.28. The number of benzene rings is 1. The van der Waals surface area contributed by atoms with Gasteiger partial charge in [-0.25, -0.2) is 4.68 Å². The first kappa shape index (κ1) is 14.6. The van der Waals surface area contributed by atoms with Crippen molar-refractivity contribution >= 4 is 29.2 Å². The maximum Gasteiger partial charge on any atom is 0.269 e. The molecule has 9 heteroatoms. The molecule has 108 valence electrons. The molecule has 8 nitrogen and oxygen atoms in total. The van der Waals surface area contributed by atoms with Crippen LogP contribution in [0.5, 0.6) is 0 Å². The van der Waals surface area contributed by atoms with Gasteiger partial charge in [-0.2, -0.15) is 10.2 Å². The summed E-state index contributed by atoms with van der Waals surface area (Å²) in [6.07, 6.45) is 3.30. The van der Waals surface area contributed by atoms with E-state index in [9.17, 15) is 10.1 Å². The molecule has 21 heavy (non-hydrogen) atoms. The first-order valence-electron chi connectivity index (χ1n) is 5.87. The Hall–Kier alpha value is -2.81. The van der Waals surface area contributed by atoms with Crippen LogP contribution in [0.1, 0.15) is 11.3 Å². The molecule has 0 unspecified atom stereocenters. The largest absolute Gasteiger partial charge is 0.375 e. The molecule has 2 aromatic rings. The highest BCUT2D eigenvalue weighted by molar-refractivity contribution is 7.80. The molecule has 2 rings (SSSR count). The zero-order valence-electron chi connectivity index (χ0n) is 11.1. The van der Waals surface area contributed by atoms with E-state index in [0.29, 0.717) is 5.69 Å². The topological polar surface area (TPSA) is 111 Å². The number of hydrogen-bond acceptors (Lipinski definition) is 5. The van der Waals surface area contributed by atoms with E-state index in [0.717, 1.165) is 11.3 Å². The summed E-state index contributed by atoms with van der Waals surface area (Å²) in [6, 6.07) is 6.10. The third-order valence-corrected chi connectivity index (χ3v) is 2.73. The van der Waals surface area contributed by atoms with E-state index in [1.54, 1.807) is 29.2 Å². The Morgan fingerprint density at radius 3 is 2.76 bits per heavy atom. The minimum absolute atomic E-state index is 0.0325. The van der Waals surface area contributed by atoms with Gasteiger partial charge in [-0.1, -0.05) is 0 Å². The van der Waals surface area contributed by atoms with Gasteiger partial charge in [0.25, 0.3) is 5.69 Å². The number of aryl methyl sites for hydroxylation is 1. The fourth-order valence-corrected chi connectivity index (χ4v) is 1.68. The molecule has 0 radical (unpaired) electrons. The maximum absolute atomic E-state index is 10.6. The van der Waals surface area contributed by atoms with Gasteiger partial charge < -0.3 is 5.73 Å². The molecule has 0 aliphatic carbocycles. The van der Waals surface area contributed by atoms with E-state index in [1.165, 1.54) is 12.1 Å². The summed E-state index contributed by atoms with van der Waals surface area (Å²) >= 11 is 4.64. The van der Waals surface area contributed by atoms with Crippen molar-refractivity contribution in [3.63, 3.8) is 0 Å². The zero-order chi connectivity index (χ0) is 15.4. The number of hydrogen-bond donors (Lipinski definition) is 2. The standard InChI is InChI=1S/C12H12N6O2S/c1-8-9(6-14-15-12(13)21)7-17(16-8)10-2-4-11(5-3-10)18(19)20/h2-7H,1H3,(H3,13,15,21). The van der Waals surface area contributed by atoms with Gasteiger partial charge >= 0.3 is 0 Å². The van der Waals surface area contributed by atoms with Gasteiger partial charge in [0.05, 0.1) is 22.5 Å². The Balaban J connectivity index is 2.23. The van der Waals surface area contributed by atoms with E-state index >= 15 is 0 Å². The van der Waals surface area contributed by atoms with Crippen molar-refractivity contribution in [2.75, 3.05) is 0 Å². The van der Waals surface area contributed by atoms with Gasteiger partial charge in [0, 0.05) is 23.9 Å². The number of nitro benzene ring substituents is 1. The van der Waals surface area contributed by atoms with Crippen LogP contribution < -0.4 is 11.2 Å². The fourth-order valence-electron chi connectivity index (χ4n) is 1.62. The quantitative estimate of drug-likeness (QED) is 0.380. The number of nitrogens with two attached hydrogens (primary N) is 1. The molecule has 1 heterocycles. The third-order valence-electron chi connectivity index (χ3n) is 2.64. The molecule has 1 aromatic heterocycles. The van der Waals surface area contributed by atoms with Gasteiger partial charge in [-0.3, -0.25) is 15.5 Å². The molecule has 0 aliphatic heterocycles. The Bertz CT molecular complexity index is 707. The second-order valence-corrected chi connectivity index (χ2v) is 4.56.